The number of piperidine rings is 1. The lowest BCUT2D eigenvalue weighted by molar-refractivity contribution is -0.175. The summed E-state index contributed by atoms with van der Waals surface area (Å²) in [5, 5.41) is 1.71. The van der Waals surface area contributed by atoms with Crippen molar-refractivity contribution in [1.82, 2.24) is 4.31 Å². The fourth-order valence-corrected chi connectivity index (χ4v) is 7.02. The van der Waals surface area contributed by atoms with Crippen LogP contribution in [0.5, 0.6) is 0 Å². The Bertz CT molecular complexity index is 1050. The van der Waals surface area contributed by atoms with Gasteiger partial charge in [-0.25, -0.2) is 8.42 Å². The molecule has 2 heterocycles. The van der Waals surface area contributed by atoms with Crippen LogP contribution in [0.1, 0.15) is 36.8 Å². The van der Waals surface area contributed by atoms with Crippen LogP contribution in [0, 0.1) is 5.92 Å². The number of thiophene rings is 1. The second kappa shape index (κ2) is 8.13. The molecule has 1 fully saturated rings. The first kappa shape index (κ1) is 21.0. The molecule has 160 valence electrons. The molecule has 0 bridgehead atoms. The van der Waals surface area contributed by atoms with Gasteiger partial charge in [0.1, 0.15) is 4.21 Å². The number of rotatable bonds is 5. The summed E-state index contributed by atoms with van der Waals surface area (Å²) in [5.74, 6) is -1.91. The molecule has 30 heavy (non-hydrogen) atoms. The summed E-state index contributed by atoms with van der Waals surface area (Å²) in [5.41, 5.74) is 5.82. The fourth-order valence-electron chi connectivity index (χ4n) is 4.35. The minimum Gasteiger partial charge on any atom is -0.444 e. The average Bonchev–Trinajstić information content (AvgIpc) is 3.30. The molecule has 2 aliphatic rings. The number of hydrogen-bond donors (Lipinski definition) is 1. The standard InChI is InChI=1S/C21H24N2O5S2/c22-20(25)21(11-3-7-15-6-1-2-9-17(15)21)28-19(24)16-8-4-12-23(14-16)30(26,27)18-10-5-13-29-18/h1-2,5-6,9-10,13,16H,3-4,7-8,11-12,14H2,(H2,22,25). The number of sulfonamides is 1. The third kappa shape index (κ3) is 3.66. The van der Waals surface area contributed by atoms with E-state index >= 15 is 0 Å². The van der Waals surface area contributed by atoms with E-state index < -0.39 is 33.4 Å². The molecule has 2 aromatic rings. The van der Waals surface area contributed by atoms with E-state index in [-0.39, 0.29) is 10.8 Å². The van der Waals surface area contributed by atoms with Crippen molar-refractivity contribution in [3.8, 4) is 0 Å². The molecule has 1 aromatic carbocycles. The Morgan fingerprint density at radius 1 is 1.17 bits per heavy atom. The highest BCUT2D eigenvalue weighted by Gasteiger charge is 2.47. The van der Waals surface area contributed by atoms with Crippen LogP contribution in [0.3, 0.4) is 0 Å². The lowest BCUT2D eigenvalue weighted by Gasteiger charge is -2.38. The van der Waals surface area contributed by atoms with Crippen LogP contribution in [0.15, 0.2) is 46.0 Å². The second-order valence-corrected chi connectivity index (χ2v) is 10.9. The van der Waals surface area contributed by atoms with Crippen molar-refractivity contribution in [1.29, 1.82) is 0 Å². The number of primary amides is 1. The minimum absolute atomic E-state index is 0.0373. The quantitative estimate of drug-likeness (QED) is 0.707. The Kier molecular flexibility index (Phi) is 5.69. The maximum Gasteiger partial charge on any atom is 0.311 e. The zero-order chi connectivity index (χ0) is 21.4. The molecule has 7 nitrogen and oxygen atoms in total. The third-order valence-electron chi connectivity index (χ3n) is 5.91. The lowest BCUT2D eigenvalue weighted by atomic mass is 9.78. The molecule has 1 aromatic heterocycles. The smallest absolute Gasteiger partial charge is 0.311 e. The van der Waals surface area contributed by atoms with E-state index in [2.05, 4.69) is 0 Å². The number of ether oxygens (including phenoxy) is 1. The lowest BCUT2D eigenvalue weighted by Crippen LogP contribution is -2.50. The number of hydrogen-bond acceptors (Lipinski definition) is 6. The van der Waals surface area contributed by atoms with Crippen molar-refractivity contribution in [2.75, 3.05) is 13.1 Å². The molecule has 0 spiro atoms. The first-order valence-corrected chi connectivity index (χ1v) is 12.3. The first-order chi connectivity index (χ1) is 14.3. The summed E-state index contributed by atoms with van der Waals surface area (Å²) < 4.78 is 33.1. The molecule has 1 aliphatic heterocycles. The van der Waals surface area contributed by atoms with E-state index in [0.717, 1.165) is 23.3 Å². The van der Waals surface area contributed by atoms with Crippen LogP contribution in [0.2, 0.25) is 0 Å². The van der Waals surface area contributed by atoms with Gasteiger partial charge in [-0.1, -0.05) is 30.3 Å². The largest absolute Gasteiger partial charge is 0.444 e. The molecule has 2 atom stereocenters. The van der Waals surface area contributed by atoms with E-state index in [1.54, 1.807) is 29.6 Å². The van der Waals surface area contributed by atoms with Crippen LogP contribution < -0.4 is 5.73 Å². The van der Waals surface area contributed by atoms with Gasteiger partial charge >= 0.3 is 5.97 Å². The van der Waals surface area contributed by atoms with Gasteiger partial charge in [-0.15, -0.1) is 11.3 Å². The van der Waals surface area contributed by atoms with Crippen LogP contribution in [0.4, 0.5) is 0 Å². The van der Waals surface area contributed by atoms with Crippen molar-refractivity contribution in [2.45, 2.75) is 41.9 Å². The monoisotopic (exact) mass is 448 g/mol. The van der Waals surface area contributed by atoms with Gasteiger partial charge in [0.2, 0.25) is 5.60 Å². The van der Waals surface area contributed by atoms with Gasteiger partial charge in [0.15, 0.2) is 0 Å². The van der Waals surface area contributed by atoms with E-state index in [1.807, 2.05) is 12.1 Å². The highest BCUT2D eigenvalue weighted by Crippen LogP contribution is 2.39. The van der Waals surface area contributed by atoms with Crippen LogP contribution in [-0.4, -0.2) is 37.7 Å². The molecule has 4 rings (SSSR count). The number of nitrogens with zero attached hydrogens (tertiary/aromatic N) is 1. The normalized spacial score (nSPS) is 24.7. The molecular weight excluding hydrogens is 424 g/mol. The van der Waals surface area contributed by atoms with Crippen molar-refractivity contribution >= 4 is 33.2 Å². The van der Waals surface area contributed by atoms with Crippen molar-refractivity contribution in [3.63, 3.8) is 0 Å². The van der Waals surface area contributed by atoms with Gasteiger partial charge in [0, 0.05) is 25.1 Å². The van der Waals surface area contributed by atoms with Gasteiger partial charge in [0.25, 0.3) is 15.9 Å². The Morgan fingerprint density at radius 3 is 2.70 bits per heavy atom. The Hall–Kier alpha value is -2.23. The number of carbonyl (C=O) groups excluding carboxylic acids is 2. The van der Waals surface area contributed by atoms with Gasteiger partial charge in [-0.2, -0.15) is 4.31 Å². The Morgan fingerprint density at radius 2 is 1.97 bits per heavy atom. The first-order valence-electron chi connectivity index (χ1n) is 9.99. The highest BCUT2D eigenvalue weighted by molar-refractivity contribution is 7.91. The number of carbonyl (C=O) groups is 2. The van der Waals surface area contributed by atoms with Crippen LogP contribution in [-0.2, 0) is 36.4 Å². The Labute approximate surface area is 179 Å². The maximum absolute atomic E-state index is 13.1. The molecule has 1 amide bonds. The summed E-state index contributed by atoms with van der Waals surface area (Å²) in [6.07, 6.45) is 2.85. The summed E-state index contributed by atoms with van der Waals surface area (Å²) in [6, 6.07) is 10.6. The molecular formula is C21H24N2O5S2. The maximum atomic E-state index is 13.1. The van der Waals surface area contributed by atoms with E-state index in [0.29, 0.717) is 37.8 Å². The summed E-state index contributed by atoms with van der Waals surface area (Å²) in [7, 11) is -3.65. The highest BCUT2D eigenvalue weighted by atomic mass is 32.2. The summed E-state index contributed by atoms with van der Waals surface area (Å²) in [4.78, 5) is 25.6. The summed E-state index contributed by atoms with van der Waals surface area (Å²) >= 11 is 1.15. The van der Waals surface area contributed by atoms with Gasteiger partial charge in [-0.05, 0) is 42.7 Å². The predicted octanol–water partition coefficient (Wildman–Crippen LogP) is 2.41. The molecule has 0 radical (unpaired) electrons. The third-order valence-corrected chi connectivity index (χ3v) is 9.15. The van der Waals surface area contributed by atoms with Crippen molar-refractivity contribution in [2.24, 2.45) is 11.7 Å². The molecule has 9 heteroatoms. The average molecular weight is 449 g/mol. The van der Waals surface area contributed by atoms with Gasteiger partial charge in [0.05, 0.1) is 5.92 Å². The molecule has 0 saturated carbocycles. The van der Waals surface area contributed by atoms with Crippen molar-refractivity contribution in [3.05, 3.63) is 52.9 Å². The van der Waals surface area contributed by atoms with Crippen LogP contribution >= 0.6 is 11.3 Å². The number of amides is 1. The van der Waals surface area contributed by atoms with E-state index in [1.165, 1.54) is 4.31 Å². The van der Waals surface area contributed by atoms with Crippen molar-refractivity contribution < 1.29 is 22.7 Å². The molecule has 1 saturated heterocycles. The topological polar surface area (TPSA) is 107 Å². The van der Waals surface area contributed by atoms with E-state index in [4.69, 9.17) is 10.5 Å². The SMILES string of the molecule is NC(=O)C1(OC(=O)C2CCCN(S(=O)(=O)c3cccs3)C2)CCCc2ccccc21. The Balaban J connectivity index is 1.57. The predicted molar refractivity (Wildman–Crippen MR) is 112 cm³/mol. The van der Waals surface area contributed by atoms with Gasteiger partial charge < -0.3 is 10.5 Å². The number of fused-ring (bicyclic) bond motifs is 1. The molecule has 2 N–H and O–H groups in total. The minimum atomic E-state index is -3.65. The van der Waals surface area contributed by atoms with Gasteiger partial charge in [-0.3, -0.25) is 9.59 Å². The zero-order valence-corrected chi connectivity index (χ0v) is 18.1. The second-order valence-electron chi connectivity index (χ2n) is 7.76. The van der Waals surface area contributed by atoms with E-state index in [9.17, 15) is 18.0 Å². The number of benzene rings is 1. The number of aryl methyl sites for hydroxylation is 1. The molecule has 2 unspecified atom stereocenters. The zero-order valence-electron chi connectivity index (χ0n) is 16.5. The number of esters is 1. The number of nitrogens with two attached hydrogens (primary N) is 1. The van der Waals surface area contributed by atoms with Crippen LogP contribution in [0.25, 0.3) is 0 Å². The summed E-state index contributed by atoms with van der Waals surface area (Å²) in [6.45, 7) is 0.392. The molecule has 1 aliphatic carbocycles. The fraction of sp³-hybridized carbons (Fsp3) is 0.429.